The molecule has 1 aromatic heterocycles. The Morgan fingerprint density at radius 3 is 2.52 bits per heavy atom. The van der Waals surface area contributed by atoms with Crippen molar-refractivity contribution in [3.05, 3.63) is 47.3 Å². The summed E-state index contributed by atoms with van der Waals surface area (Å²) < 4.78 is 14.3. The van der Waals surface area contributed by atoms with Crippen LogP contribution in [0.2, 0.25) is 0 Å². The average molecular weight is 356 g/mol. The van der Waals surface area contributed by atoms with Crippen molar-refractivity contribution in [1.29, 1.82) is 0 Å². The van der Waals surface area contributed by atoms with Crippen molar-refractivity contribution in [3.8, 4) is 5.69 Å². The van der Waals surface area contributed by atoms with Crippen LogP contribution in [0.15, 0.2) is 30.3 Å². The smallest absolute Gasteiger partial charge is 0.166 e. The molecule has 2 aliphatic rings. The van der Waals surface area contributed by atoms with E-state index in [0.29, 0.717) is 0 Å². The van der Waals surface area contributed by atoms with Gasteiger partial charge in [-0.15, -0.1) is 0 Å². The van der Waals surface area contributed by atoms with Crippen LogP contribution in [0.25, 0.3) is 5.69 Å². The molecule has 132 valence electrons. The van der Waals surface area contributed by atoms with Crippen LogP contribution in [0.1, 0.15) is 53.8 Å². The van der Waals surface area contributed by atoms with Crippen LogP contribution in [-0.2, 0) is 10.8 Å². The highest BCUT2D eigenvalue weighted by molar-refractivity contribution is 7.86. The summed E-state index contributed by atoms with van der Waals surface area (Å²) in [6.45, 7) is 3.99. The van der Waals surface area contributed by atoms with Gasteiger partial charge >= 0.3 is 0 Å². The van der Waals surface area contributed by atoms with Crippen LogP contribution >= 0.6 is 0 Å². The van der Waals surface area contributed by atoms with Crippen LogP contribution in [0.5, 0.6) is 0 Å². The average Bonchev–Trinajstić information content (AvgIpc) is 2.92. The molecule has 2 bridgehead atoms. The zero-order valence-electron chi connectivity index (χ0n) is 14.8. The fourth-order valence-electron chi connectivity index (χ4n) is 4.36. The van der Waals surface area contributed by atoms with Gasteiger partial charge in [0.05, 0.1) is 11.4 Å². The van der Waals surface area contributed by atoms with Crippen LogP contribution < -0.4 is 0 Å². The highest BCUT2D eigenvalue weighted by Crippen LogP contribution is 2.38. The Labute approximate surface area is 151 Å². The number of carbonyl (C=O) groups is 1. The molecule has 3 heterocycles. The zero-order chi connectivity index (χ0) is 17.6. The summed E-state index contributed by atoms with van der Waals surface area (Å²) >= 11 is 0. The first kappa shape index (κ1) is 16.7. The minimum atomic E-state index is -0.730. The first-order valence-corrected chi connectivity index (χ1v) is 10.4. The molecule has 25 heavy (non-hydrogen) atoms. The van der Waals surface area contributed by atoms with E-state index in [9.17, 15) is 9.00 Å². The SMILES string of the molecule is Cc1cc(C)n(-c2cccc(C(=O)C3CC4CCCC(C3)S4=O)c2)n1. The zero-order valence-corrected chi connectivity index (χ0v) is 15.6. The molecule has 2 unspecified atom stereocenters. The summed E-state index contributed by atoms with van der Waals surface area (Å²) in [5.74, 6) is 0.223. The van der Waals surface area contributed by atoms with Crippen LogP contribution in [0, 0.1) is 19.8 Å². The molecular weight excluding hydrogens is 332 g/mol. The third kappa shape index (κ3) is 3.10. The van der Waals surface area contributed by atoms with E-state index < -0.39 is 10.8 Å². The predicted molar refractivity (Wildman–Crippen MR) is 99.7 cm³/mol. The lowest BCUT2D eigenvalue weighted by atomic mass is 9.84. The van der Waals surface area contributed by atoms with Gasteiger partial charge in [0, 0.05) is 38.5 Å². The number of Topliss-reactive ketones (excluding diaryl/α,β-unsaturated/α-hetero) is 1. The van der Waals surface area contributed by atoms with E-state index in [1.54, 1.807) is 0 Å². The van der Waals surface area contributed by atoms with E-state index in [0.717, 1.165) is 54.7 Å². The minimum Gasteiger partial charge on any atom is -0.294 e. The third-order valence-electron chi connectivity index (χ3n) is 5.56. The van der Waals surface area contributed by atoms with Crippen LogP contribution in [0.3, 0.4) is 0 Å². The maximum absolute atomic E-state index is 13.1. The minimum absolute atomic E-state index is 0.0173. The molecule has 0 aliphatic carbocycles. The van der Waals surface area contributed by atoms with E-state index in [1.165, 1.54) is 0 Å². The molecule has 0 N–H and O–H groups in total. The fourth-order valence-corrected chi connectivity index (χ4v) is 6.55. The highest BCUT2D eigenvalue weighted by Gasteiger charge is 2.40. The highest BCUT2D eigenvalue weighted by atomic mass is 32.2. The molecule has 2 atom stereocenters. The molecule has 4 nitrogen and oxygen atoms in total. The summed E-state index contributed by atoms with van der Waals surface area (Å²) in [6.07, 6.45) is 4.75. The number of hydrogen-bond donors (Lipinski definition) is 0. The van der Waals surface area contributed by atoms with E-state index in [2.05, 4.69) is 5.10 Å². The van der Waals surface area contributed by atoms with Gasteiger partial charge in [-0.25, -0.2) is 4.68 Å². The third-order valence-corrected chi connectivity index (χ3v) is 7.73. The van der Waals surface area contributed by atoms with Gasteiger partial charge < -0.3 is 0 Å². The second kappa shape index (κ2) is 6.52. The molecule has 5 heteroatoms. The van der Waals surface area contributed by atoms with Gasteiger partial charge in [-0.1, -0.05) is 18.6 Å². The predicted octanol–water partition coefficient (Wildman–Crippen LogP) is 3.75. The van der Waals surface area contributed by atoms with E-state index >= 15 is 0 Å². The largest absolute Gasteiger partial charge is 0.294 e. The number of benzene rings is 1. The quantitative estimate of drug-likeness (QED) is 0.787. The van der Waals surface area contributed by atoms with Gasteiger partial charge in [0.25, 0.3) is 0 Å². The number of fused-ring (bicyclic) bond motifs is 2. The summed E-state index contributed by atoms with van der Waals surface area (Å²) in [7, 11) is -0.730. The lowest BCUT2D eigenvalue weighted by Crippen LogP contribution is -2.41. The Morgan fingerprint density at radius 2 is 1.88 bits per heavy atom. The molecule has 2 aliphatic heterocycles. The summed E-state index contributed by atoms with van der Waals surface area (Å²) in [6, 6.07) is 9.80. The van der Waals surface area contributed by atoms with E-state index in [-0.39, 0.29) is 22.2 Å². The van der Waals surface area contributed by atoms with Gasteiger partial charge in [-0.2, -0.15) is 5.10 Å². The monoisotopic (exact) mass is 356 g/mol. The second-order valence-corrected chi connectivity index (χ2v) is 9.42. The van der Waals surface area contributed by atoms with Gasteiger partial charge in [0.2, 0.25) is 0 Å². The van der Waals surface area contributed by atoms with Crippen LogP contribution in [-0.4, -0.2) is 30.3 Å². The Balaban J connectivity index is 1.60. The van der Waals surface area contributed by atoms with Crippen molar-refractivity contribution in [2.45, 2.75) is 56.5 Å². The number of aromatic nitrogens is 2. The second-order valence-electron chi connectivity index (χ2n) is 7.43. The topological polar surface area (TPSA) is 52.0 Å². The van der Waals surface area contributed by atoms with Gasteiger partial charge in [-0.3, -0.25) is 9.00 Å². The summed E-state index contributed by atoms with van der Waals surface area (Å²) in [5.41, 5.74) is 3.71. The number of hydrogen-bond acceptors (Lipinski definition) is 3. The van der Waals surface area contributed by atoms with Crippen LogP contribution in [0.4, 0.5) is 0 Å². The van der Waals surface area contributed by atoms with Crippen molar-refractivity contribution >= 4 is 16.6 Å². The van der Waals surface area contributed by atoms with E-state index in [1.807, 2.05) is 48.9 Å². The lowest BCUT2D eigenvalue weighted by molar-refractivity contribution is 0.0895. The van der Waals surface area contributed by atoms with Crippen molar-refractivity contribution in [1.82, 2.24) is 9.78 Å². The molecule has 2 fully saturated rings. The Bertz CT molecular complexity index is 826. The normalized spacial score (nSPS) is 28.7. The van der Waals surface area contributed by atoms with Gasteiger partial charge in [0.15, 0.2) is 5.78 Å². The maximum Gasteiger partial charge on any atom is 0.166 e. The van der Waals surface area contributed by atoms with Crippen molar-refractivity contribution < 1.29 is 9.00 Å². The Kier molecular flexibility index (Phi) is 4.36. The first-order valence-electron chi connectivity index (χ1n) is 9.10. The molecule has 2 saturated heterocycles. The van der Waals surface area contributed by atoms with Gasteiger partial charge in [0.1, 0.15) is 0 Å². The Morgan fingerprint density at radius 1 is 1.16 bits per heavy atom. The van der Waals surface area contributed by atoms with Crippen molar-refractivity contribution in [2.75, 3.05) is 0 Å². The molecule has 2 aromatic rings. The van der Waals surface area contributed by atoms with Crippen molar-refractivity contribution in [2.24, 2.45) is 5.92 Å². The molecule has 0 spiro atoms. The number of nitrogens with zero attached hydrogens (tertiary/aromatic N) is 2. The molecule has 4 rings (SSSR count). The molecular formula is C20H24N2O2S. The van der Waals surface area contributed by atoms with E-state index in [4.69, 9.17) is 0 Å². The fraction of sp³-hybridized carbons (Fsp3) is 0.500. The standard InChI is InChI=1S/C20H24N2O2S/c1-13-9-14(2)22(21-13)17-6-3-5-15(10-17)20(23)16-11-18-7-4-8-19(12-16)25(18)24/h3,5-6,9-10,16,18-19H,4,7-8,11-12H2,1-2H3. The number of carbonyl (C=O) groups excluding carboxylic acids is 1. The maximum atomic E-state index is 13.1. The number of aryl methyl sites for hydroxylation is 2. The summed E-state index contributed by atoms with van der Waals surface area (Å²) in [5, 5.41) is 4.96. The first-order chi connectivity index (χ1) is 12.0. The van der Waals surface area contributed by atoms with Crippen molar-refractivity contribution in [3.63, 3.8) is 0 Å². The summed E-state index contributed by atoms with van der Waals surface area (Å²) in [4.78, 5) is 13.1. The molecule has 0 radical (unpaired) electrons. The number of rotatable bonds is 3. The molecule has 0 amide bonds. The van der Waals surface area contributed by atoms with Gasteiger partial charge in [-0.05, 0) is 57.7 Å². The lowest BCUT2D eigenvalue weighted by Gasteiger charge is -2.37. The Hall–Kier alpha value is -1.75. The number of ketones is 1. The molecule has 0 saturated carbocycles. The molecule has 1 aromatic carbocycles.